The van der Waals surface area contributed by atoms with E-state index in [1.165, 1.54) is 24.1 Å². The van der Waals surface area contributed by atoms with E-state index in [4.69, 9.17) is 0 Å². The van der Waals surface area contributed by atoms with Gasteiger partial charge in [-0.05, 0) is 53.1 Å². The first-order valence-corrected chi connectivity index (χ1v) is 8.61. The van der Waals surface area contributed by atoms with Crippen LogP contribution in [0.25, 0.3) is 0 Å². The van der Waals surface area contributed by atoms with Gasteiger partial charge in [0.25, 0.3) is 0 Å². The van der Waals surface area contributed by atoms with E-state index in [0.717, 1.165) is 35.6 Å². The van der Waals surface area contributed by atoms with E-state index in [1.54, 1.807) is 11.3 Å². The van der Waals surface area contributed by atoms with Crippen LogP contribution >= 0.6 is 27.3 Å². The number of hydrogen-bond donors (Lipinski definition) is 1. The average molecular weight is 331 g/mol. The molecule has 0 radical (unpaired) electrons. The zero-order valence-electron chi connectivity index (χ0n) is 11.3. The summed E-state index contributed by atoms with van der Waals surface area (Å²) in [7, 11) is 0. The van der Waals surface area contributed by atoms with Gasteiger partial charge in [0, 0.05) is 21.2 Å². The number of hydrogen-bond acceptors (Lipinski definition) is 2. The topological polar surface area (TPSA) is 20.2 Å². The van der Waals surface area contributed by atoms with Crippen LogP contribution in [0, 0.1) is 11.8 Å². The van der Waals surface area contributed by atoms with Gasteiger partial charge >= 0.3 is 0 Å². The van der Waals surface area contributed by atoms with Crippen molar-refractivity contribution in [2.24, 2.45) is 11.8 Å². The Morgan fingerprint density at radius 1 is 1.44 bits per heavy atom. The van der Waals surface area contributed by atoms with Crippen LogP contribution in [0.1, 0.15) is 50.8 Å². The van der Waals surface area contributed by atoms with Crippen molar-refractivity contribution in [3.8, 4) is 0 Å². The molecule has 2 unspecified atom stereocenters. The summed E-state index contributed by atoms with van der Waals surface area (Å²) in [5.74, 6) is 1.55. The van der Waals surface area contributed by atoms with E-state index in [2.05, 4.69) is 41.2 Å². The molecule has 2 atom stereocenters. The highest BCUT2D eigenvalue weighted by Crippen LogP contribution is 2.37. The van der Waals surface area contributed by atoms with Crippen molar-refractivity contribution in [3.05, 3.63) is 20.8 Å². The van der Waals surface area contributed by atoms with Crippen molar-refractivity contribution in [2.75, 3.05) is 0 Å². The minimum absolute atomic E-state index is 0.464. The maximum atomic E-state index is 10.8. The second kappa shape index (κ2) is 6.06. The number of aliphatic hydroxyl groups is 1. The van der Waals surface area contributed by atoms with Crippen molar-refractivity contribution in [3.63, 3.8) is 0 Å². The summed E-state index contributed by atoms with van der Waals surface area (Å²) >= 11 is 5.24. The molecule has 1 heterocycles. The summed E-state index contributed by atoms with van der Waals surface area (Å²) in [6.45, 7) is 4.62. The molecule has 0 aliphatic heterocycles. The molecule has 18 heavy (non-hydrogen) atoms. The Kier molecular flexibility index (Phi) is 4.90. The van der Waals surface area contributed by atoms with Crippen LogP contribution in [0.15, 0.2) is 15.9 Å². The van der Waals surface area contributed by atoms with Crippen molar-refractivity contribution in [1.82, 2.24) is 0 Å². The summed E-state index contributed by atoms with van der Waals surface area (Å²) in [6, 6.07) is 2.15. The van der Waals surface area contributed by atoms with E-state index in [0.29, 0.717) is 0 Å². The van der Waals surface area contributed by atoms with Crippen LogP contribution in [-0.2, 0) is 6.42 Å². The lowest BCUT2D eigenvalue weighted by molar-refractivity contribution is 0.0244. The molecular weight excluding hydrogens is 308 g/mol. The molecule has 2 rings (SSSR count). The van der Waals surface area contributed by atoms with Crippen LogP contribution in [0.2, 0.25) is 0 Å². The minimum atomic E-state index is -0.464. The third-order valence-corrected chi connectivity index (χ3v) is 5.96. The fourth-order valence-electron chi connectivity index (χ4n) is 3.03. The SMILES string of the molecule is CC(C)C1CCCC(O)(Cc2cc(Br)cs2)CC1. The number of halogens is 1. The highest BCUT2D eigenvalue weighted by atomic mass is 79.9. The van der Waals surface area contributed by atoms with Crippen LogP contribution < -0.4 is 0 Å². The molecule has 0 saturated heterocycles. The number of rotatable bonds is 3. The fourth-order valence-corrected chi connectivity index (χ4v) is 4.62. The van der Waals surface area contributed by atoms with E-state index in [-0.39, 0.29) is 0 Å². The molecule has 0 spiro atoms. The molecule has 1 aromatic heterocycles. The molecule has 1 N–H and O–H groups in total. The Hall–Kier alpha value is 0.140. The predicted octanol–water partition coefficient (Wildman–Crippen LogP) is 5.02. The van der Waals surface area contributed by atoms with Gasteiger partial charge in [-0.1, -0.05) is 26.7 Å². The monoisotopic (exact) mass is 330 g/mol. The van der Waals surface area contributed by atoms with Gasteiger partial charge in [-0.15, -0.1) is 11.3 Å². The molecule has 1 aliphatic rings. The Morgan fingerprint density at radius 3 is 2.83 bits per heavy atom. The van der Waals surface area contributed by atoms with E-state index >= 15 is 0 Å². The largest absolute Gasteiger partial charge is 0.390 e. The molecule has 1 nitrogen and oxygen atoms in total. The molecule has 3 heteroatoms. The Labute approximate surface area is 123 Å². The standard InChI is InChI=1S/C15H23BrOS/c1-11(2)12-4-3-6-15(17,7-5-12)9-14-8-13(16)10-18-14/h8,10-12,17H,3-7,9H2,1-2H3. The summed E-state index contributed by atoms with van der Waals surface area (Å²) in [4.78, 5) is 1.30. The van der Waals surface area contributed by atoms with Gasteiger partial charge in [0.2, 0.25) is 0 Å². The lowest BCUT2D eigenvalue weighted by atomic mass is 9.86. The Bertz CT molecular complexity index is 388. The fraction of sp³-hybridized carbons (Fsp3) is 0.733. The zero-order valence-corrected chi connectivity index (χ0v) is 13.7. The quantitative estimate of drug-likeness (QED) is 0.771. The van der Waals surface area contributed by atoms with E-state index < -0.39 is 5.60 Å². The highest BCUT2D eigenvalue weighted by molar-refractivity contribution is 9.10. The summed E-state index contributed by atoms with van der Waals surface area (Å²) in [6.07, 6.45) is 6.39. The number of thiophene rings is 1. The van der Waals surface area contributed by atoms with Gasteiger partial charge in [0.15, 0.2) is 0 Å². The first-order chi connectivity index (χ1) is 8.48. The first kappa shape index (κ1) is 14.5. The van der Waals surface area contributed by atoms with Gasteiger partial charge < -0.3 is 5.11 Å². The van der Waals surface area contributed by atoms with E-state index in [9.17, 15) is 5.11 Å². The molecule has 1 aromatic rings. The van der Waals surface area contributed by atoms with Crippen molar-refractivity contribution in [1.29, 1.82) is 0 Å². The molecule has 102 valence electrons. The third-order valence-electron chi connectivity index (χ3n) is 4.27. The summed E-state index contributed by atoms with van der Waals surface area (Å²) in [5, 5.41) is 12.9. The predicted molar refractivity (Wildman–Crippen MR) is 82.1 cm³/mol. The van der Waals surface area contributed by atoms with E-state index in [1.807, 2.05) is 0 Å². The third kappa shape index (κ3) is 3.82. The highest BCUT2D eigenvalue weighted by Gasteiger charge is 2.32. The molecule has 1 aliphatic carbocycles. The zero-order chi connectivity index (χ0) is 13.2. The smallest absolute Gasteiger partial charge is 0.0696 e. The minimum Gasteiger partial charge on any atom is -0.390 e. The maximum Gasteiger partial charge on any atom is 0.0696 e. The van der Waals surface area contributed by atoms with Crippen LogP contribution in [0.5, 0.6) is 0 Å². The second-order valence-electron chi connectivity index (χ2n) is 6.07. The van der Waals surface area contributed by atoms with Crippen LogP contribution in [0.3, 0.4) is 0 Å². The first-order valence-electron chi connectivity index (χ1n) is 6.94. The summed E-state index contributed by atoms with van der Waals surface area (Å²) < 4.78 is 1.14. The average Bonchev–Trinajstić information content (AvgIpc) is 2.58. The van der Waals surface area contributed by atoms with Gasteiger partial charge in [-0.3, -0.25) is 0 Å². The normalized spacial score (nSPS) is 29.5. The van der Waals surface area contributed by atoms with Gasteiger partial charge in [-0.25, -0.2) is 0 Å². The Balaban J connectivity index is 1.98. The van der Waals surface area contributed by atoms with Crippen molar-refractivity contribution in [2.45, 2.75) is 58.0 Å². The molecular formula is C15H23BrOS. The second-order valence-corrected chi connectivity index (χ2v) is 7.98. The van der Waals surface area contributed by atoms with Gasteiger partial charge in [0.05, 0.1) is 5.60 Å². The molecule has 0 amide bonds. The van der Waals surface area contributed by atoms with Crippen molar-refractivity contribution < 1.29 is 5.11 Å². The summed E-state index contributed by atoms with van der Waals surface area (Å²) in [5.41, 5.74) is -0.464. The van der Waals surface area contributed by atoms with Crippen molar-refractivity contribution >= 4 is 27.3 Å². The van der Waals surface area contributed by atoms with Crippen LogP contribution in [-0.4, -0.2) is 10.7 Å². The van der Waals surface area contributed by atoms with Gasteiger partial charge in [-0.2, -0.15) is 0 Å². The molecule has 0 aromatic carbocycles. The lowest BCUT2D eigenvalue weighted by Gasteiger charge is -2.26. The van der Waals surface area contributed by atoms with Gasteiger partial charge in [0.1, 0.15) is 0 Å². The maximum absolute atomic E-state index is 10.8. The molecule has 1 saturated carbocycles. The molecule has 0 bridgehead atoms. The Morgan fingerprint density at radius 2 is 2.22 bits per heavy atom. The molecule has 1 fully saturated rings. The van der Waals surface area contributed by atoms with Crippen LogP contribution in [0.4, 0.5) is 0 Å². The lowest BCUT2D eigenvalue weighted by Crippen LogP contribution is -2.30.